The first-order chi connectivity index (χ1) is 14.8. The standard InChI is InChI=1S/C26H21BrF3P/c27-31(22-13-4-1-5-14-22,23-15-6-2-7-16-23,24-17-8-3-9-18-24)20-21-12-10-11-19-25(21)26(28,29)30/h1-19H,20H2. The fourth-order valence-corrected chi connectivity index (χ4v) is 11.9. The fourth-order valence-electron chi connectivity index (χ4n) is 4.19. The van der Waals surface area contributed by atoms with Gasteiger partial charge in [-0.2, -0.15) is 0 Å². The molecule has 0 atom stereocenters. The number of hydrogen-bond acceptors (Lipinski definition) is 0. The van der Waals surface area contributed by atoms with Crippen molar-refractivity contribution in [3.63, 3.8) is 0 Å². The molecule has 0 radical (unpaired) electrons. The molecule has 0 saturated heterocycles. The SMILES string of the molecule is FC(F)(F)c1ccccc1CP(Br)(c1ccccc1)(c1ccccc1)c1ccccc1. The molecule has 4 rings (SSSR count). The molecule has 0 N–H and O–H groups in total. The molecule has 0 bridgehead atoms. The van der Waals surface area contributed by atoms with Gasteiger partial charge in [0.15, 0.2) is 0 Å². The van der Waals surface area contributed by atoms with Crippen molar-refractivity contribution in [3.05, 3.63) is 126 Å². The molecule has 0 aliphatic carbocycles. The van der Waals surface area contributed by atoms with Crippen molar-refractivity contribution in [3.8, 4) is 0 Å². The Morgan fingerprint density at radius 1 is 0.548 bits per heavy atom. The van der Waals surface area contributed by atoms with Crippen molar-refractivity contribution in [1.29, 1.82) is 0 Å². The Morgan fingerprint density at radius 2 is 0.903 bits per heavy atom. The number of rotatable bonds is 5. The van der Waals surface area contributed by atoms with E-state index in [9.17, 15) is 13.2 Å². The molecule has 0 nitrogen and oxygen atoms in total. The minimum absolute atomic E-state index is 0.208. The van der Waals surface area contributed by atoms with Gasteiger partial charge in [-0.05, 0) is 0 Å². The van der Waals surface area contributed by atoms with Gasteiger partial charge >= 0.3 is 189 Å². The van der Waals surface area contributed by atoms with E-state index in [1.54, 1.807) is 12.1 Å². The van der Waals surface area contributed by atoms with Crippen LogP contribution in [0, 0.1) is 0 Å². The summed E-state index contributed by atoms with van der Waals surface area (Å²) in [7, 11) is 0. The third-order valence-corrected chi connectivity index (χ3v) is 15.2. The van der Waals surface area contributed by atoms with Gasteiger partial charge in [0, 0.05) is 0 Å². The van der Waals surface area contributed by atoms with Gasteiger partial charge in [-0.3, -0.25) is 0 Å². The quantitative estimate of drug-likeness (QED) is 0.257. The van der Waals surface area contributed by atoms with E-state index in [4.69, 9.17) is 0 Å². The number of alkyl halides is 3. The molecule has 0 unspecified atom stereocenters. The van der Waals surface area contributed by atoms with Crippen molar-refractivity contribution in [1.82, 2.24) is 0 Å². The molecule has 0 aliphatic rings. The summed E-state index contributed by atoms with van der Waals surface area (Å²) in [5.41, 5.74) is -0.313. The molecular weight excluding hydrogens is 480 g/mol. The third-order valence-electron chi connectivity index (χ3n) is 5.67. The molecule has 0 spiro atoms. The molecule has 31 heavy (non-hydrogen) atoms. The van der Waals surface area contributed by atoms with Gasteiger partial charge in [-0.1, -0.05) is 0 Å². The van der Waals surface area contributed by atoms with Crippen molar-refractivity contribution < 1.29 is 13.2 Å². The second kappa shape index (κ2) is 8.26. The molecule has 0 saturated carbocycles. The van der Waals surface area contributed by atoms with Gasteiger partial charge in [0.1, 0.15) is 0 Å². The predicted octanol–water partition coefficient (Wildman–Crippen LogP) is 7.05. The average molecular weight is 501 g/mol. The second-order valence-electron chi connectivity index (χ2n) is 7.50. The van der Waals surface area contributed by atoms with Crippen molar-refractivity contribution in [2.45, 2.75) is 12.3 Å². The summed E-state index contributed by atoms with van der Waals surface area (Å²) in [4.78, 5) is 0. The first kappa shape index (κ1) is 21.8. The zero-order valence-electron chi connectivity index (χ0n) is 16.6. The van der Waals surface area contributed by atoms with Gasteiger partial charge in [0.25, 0.3) is 0 Å². The third kappa shape index (κ3) is 3.84. The Hall–Kier alpha value is -2.42. The summed E-state index contributed by atoms with van der Waals surface area (Å²) in [6.45, 7) is 0. The van der Waals surface area contributed by atoms with E-state index >= 15 is 0 Å². The van der Waals surface area contributed by atoms with E-state index in [2.05, 4.69) is 15.5 Å². The molecule has 5 heteroatoms. The molecule has 0 fully saturated rings. The van der Waals surface area contributed by atoms with Crippen LogP contribution in [0.5, 0.6) is 0 Å². The number of halogens is 4. The summed E-state index contributed by atoms with van der Waals surface area (Å²) in [5.74, 6) is 0. The average Bonchev–Trinajstić information content (AvgIpc) is 2.80. The maximum atomic E-state index is 14.0. The van der Waals surface area contributed by atoms with Crippen LogP contribution < -0.4 is 15.9 Å². The van der Waals surface area contributed by atoms with E-state index in [1.807, 2.05) is 91.0 Å². The fraction of sp³-hybridized carbons (Fsp3) is 0.0769. The number of hydrogen-bond donors (Lipinski definition) is 0. The molecule has 0 heterocycles. The van der Waals surface area contributed by atoms with Crippen LogP contribution in [0.4, 0.5) is 13.2 Å². The molecule has 0 amide bonds. The Bertz CT molecular complexity index is 1060. The monoisotopic (exact) mass is 500 g/mol. The molecule has 158 valence electrons. The Balaban J connectivity index is 2.11. The number of benzene rings is 4. The zero-order chi connectivity index (χ0) is 22.0. The molecule has 0 aliphatic heterocycles. The van der Waals surface area contributed by atoms with Gasteiger partial charge < -0.3 is 0 Å². The summed E-state index contributed by atoms with van der Waals surface area (Å²) < 4.78 is 41.9. The second-order valence-corrected chi connectivity index (χ2v) is 16.4. The summed E-state index contributed by atoms with van der Waals surface area (Å²) in [6, 6.07) is 35.4. The summed E-state index contributed by atoms with van der Waals surface area (Å²) in [6.07, 6.45) is -4.22. The van der Waals surface area contributed by atoms with Crippen molar-refractivity contribution >= 4 is 36.7 Å². The molecule has 4 aromatic carbocycles. The van der Waals surface area contributed by atoms with Crippen molar-refractivity contribution in [2.24, 2.45) is 0 Å². The van der Waals surface area contributed by atoms with E-state index in [1.165, 1.54) is 12.1 Å². The van der Waals surface area contributed by atoms with Crippen LogP contribution >= 0.6 is 20.8 Å². The maximum absolute atomic E-state index is 14.0. The molecule has 0 aromatic heterocycles. The summed E-state index contributed by atoms with van der Waals surface area (Å²) in [5, 5.41) is -0.516. The topological polar surface area (TPSA) is 0 Å². The van der Waals surface area contributed by atoms with E-state index in [-0.39, 0.29) is 11.7 Å². The van der Waals surface area contributed by atoms with Crippen LogP contribution in [0.15, 0.2) is 115 Å². The van der Waals surface area contributed by atoms with E-state index in [0.717, 1.165) is 15.9 Å². The van der Waals surface area contributed by atoms with Crippen LogP contribution in [-0.2, 0) is 12.3 Å². The Kier molecular flexibility index (Phi) is 5.81. The van der Waals surface area contributed by atoms with Gasteiger partial charge in [-0.15, -0.1) is 0 Å². The first-order valence-corrected chi connectivity index (χ1v) is 14.3. The minimum atomic E-state index is -4.43. The Morgan fingerprint density at radius 3 is 1.29 bits per heavy atom. The Labute approximate surface area is 188 Å². The predicted molar refractivity (Wildman–Crippen MR) is 129 cm³/mol. The zero-order valence-corrected chi connectivity index (χ0v) is 19.1. The van der Waals surface area contributed by atoms with Crippen LogP contribution in [0.1, 0.15) is 11.1 Å². The van der Waals surface area contributed by atoms with Crippen LogP contribution in [0.2, 0.25) is 0 Å². The summed E-state index contributed by atoms with van der Waals surface area (Å²) >= 11 is 4.22. The molecular formula is C26H21BrF3P. The van der Waals surface area contributed by atoms with Gasteiger partial charge in [0.2, 0.25) is 0 Å². The van der Waals surface area contributed by atoms with Crippen LogP contribution in [0.25, 0.3) is 0 Å². The van der Waals surface area contributed by atoms with E-state index in [0.29, 0.717) is 0 Å². The first-order valence-electron chi connectivity index (χ1n) is 9.89. The van der Waals surface area contributed by atoms with Crippen LogP contribution in [-0.4, -0.2) is 0 Å². The van der Waals surface area contributed by atoms with Gasteiger partial charge in [0.05, 0.1) is 0 Å². The van der Waals surface area contributed by atoms with E-state index < -0.39 is 17.0 Å². The molecule has 4 aromatic rings. The normalized spacial score (nSPS) is 13.4. The van der Waals surface area contributed by atoms with Gasteiger partial charge in [-0.25, -0.2) is 0 Å². The van der Waals surface area contributed by atoms with Crippen LogP contribution in [0.3, 0.4) is 0 Å². The van der Waals surface area contributed by atoms with Crippen molar-refractivity contribution in [2.75, 3.05) is 0 Å².